The largest absolute Gasteiger partial charge is 0.474 e. The molecule has 4 nitrogen and oxygen atoms in total. The second-order valence-electron chi connectivity index (χ2n) is 5.96. The van der Waals surface area contributed by atoms with Crippen LogP contribution in [0.3, 0.4) is 0 Å². The Labute approximate surface area is 119 Å². The van der Waals surface area contributed by atoms with Crippen molar-refractivity contribution in [3.8, 4) is 5.88 Å². The highest BCUT2D eigenvalue weighted by atomic mass is 16.5. The molecule has 0 amide bonds. The van der Waals surface area contributed by atoms with Crippen molar-refractivity contribution in [3.05, 3.63) is 24.5 Å². The Morgan fingerprint density at radius 2 is 2.00 bits per heavy atom. The topological polar surface area (TPSA) is 61.0 Å². The van der Waals surface area contributed by atoms with E-state index in [0.717, 1.165) is 29.7 Å². The molecule has 1 aromatic carbocycles. The van der Waals surface area contributed by atoms with Gasteiger partial charge in [-0.15, -0.1) is 0 Å². The zero-order valence-corrected chi connectivity index (χ0v) is 12.0. The molecule has 20 heavy (non-hydrogen) atoms. The lowest BCUT2D eigenvalue weighted by Gasteiger charge is -2.32. The molecule has 1 aliphatic rings. The number of fused-ring (bicyclic) bond motifs is 1. The lowest BCUT2D eigenvalue weighted by molar-refractivity contribution is 0.0979. The number of ether oxygens (including phenoxy) is 1. The predicted molar refractivity (Wildman–Crippen MR) is 80.5 cm³/mol. The molecule has 2 aromatic rings. The van der Waals surface area contributed by atoms with E-state index in [4.69, 9.17) is 10.5 Å². The third-order valence-electron chi connectivity index (χ3n) is 4.45. The maximum absolute atomic E-state index is 6.14. The summed E-state index contributed by atoms with van der Waals surface area (Å²) >= 11 is 0. The van der Waals surface area contributed by atoms with Gasteiger partial charge in [-0.25, -0.2) is 9.97 Å². The van der Waals surface area contributed by atoms with Gasteiger partial charge in [0.2, 0.25) is 5.88 Å². The number of aromatic nitrogens is 2. The summed E-state index contributed by atoms with van der Waals surface area (Å²) in [6, 6.07) is 5.66. The lowest BCUT2D eigenvalue weighted by atomic mass is 9.80. The van der Waals surface area contributed by atoms with Crippen LogP contribution in [-0.2, 0) is 0 Å². The average molecular weight is 271 g/mol. The zero-order valence-electron chi connectivity index (χ0n) is 12.0. The summed E-state index contributed by atoms with van der Waals surface area (Å²) in [6.07, 6.45) is 5.23. The fourth-order valence-electron chi connectivity index (χ4n) is 2.91. The van der Waals surface area contributed by atoms with E-state index in [9.17, 15) is 0 Å². The Bertz CT molecular complexity index is 614. The fourth-order valence-corrected chi connectivity index (χ4v) is 2.91. The van der Waals surface area contributed by atoms with E-state index < -0.39 is 0 Å². The van der Waals surface area contributed by atoms with Crippen LogP contribution in [0.25, 0.3) is 10.9 Å². The molecule has 106 valence electrons. The van der Waals surface area contributed by atoms with Gasteiger partial charge in [0.1, 0.15) is 12.4 Å². The summed E-state index contributed by atoms with van der Waals surface area (Å²) in [7, 11) is 0. The maximum Gasteiger partial charge on any atom is 0.224 e. The molecule has 3 unspecified atom stereocenters. The van der Waals surface area contributed by atoms with Crippen LogP contribution in [0.1, 0.15) is 33.1 Å². The first kappa shape index (κ1) is 13.2. The fraction of sp³-hybridized carbons (Fsp3) is 0.500. The van der Waals surface area contributed by atoms with Gasteiger partial charge >= 0.3 is 0 Å². The molecule has 0 radical (unpaired) electrons. The number of nitrogen functional groups attached to an aromatic ring is 1. The third kappa shape index (κ3) is 2.55. The predicted octanol–water partition coefficient (Wildman–Crippen LogP) is 3.42. The van der Waals surface area contributed by atoms with Crippen LogP contribution < -0.4 is 10.5 Å². The summed E-state index contributed by atoms with van der Waals surface area (Å²) in [5.74, 6) is 2.18. The van der Waals surface area contributed by atoms with Gasteiger partial charge in [0, 0.05) is 5.69 Å². The van der Waals surface area contributed by atoms with Crippen molar-refractivity contribution in [3.63, 3.8) is 0 Å². The van der Waals surface area contributed by atoms with E-state index in [1.165, 1.54) is 6.42 Å². The second kappa shape index (κ2) is 5.27. The van der Waals surface area contributed by atoms with Gasteiger partial charge in [-0.3, -0.25) is 0 Å². The SMILES string of the molecule is CC1CCC(Oc2ncnc3cc(N)ccc23)CC1C. The normalized spacial score (nSPS) is 26.6. The summed E-state index contributed by atoms with van der Waals surface area (Å²) in [4.78, 5) is 8.55. The van der Waals surface area contributed by atoms with Crippen molar-refractivity contribution < 1.29 is 4.74 Å². The minimum Gasteiger partial charge on any atom is -0.474 e. The summed E-state index contributed by atoms with van der Waals surface area (Å²) in [5, 5.41) is 0.938. The van der Waals surface area contributed by atoms with E-state index in [-0.39, 0.29) is 6.10 Å². The first-order valence-electron chi connectivity index (χ1n) is 7.30. The van der Waals surface area contributed by atoms with Crippen LogP contribution in [0, 0.1) is 11.8 Å². The van der Waals surface area contributed by atoms with Crippen LogP contribution in [0.15, 0.2) is 24.5 Å². The smallest absolute Gasteiger partial charge is 0.224 e. The second-order valence-corrected chi connectivity index (χ2v) is 5.96. The highest BCUT2D eigenvalue weighted by Crippen LogP contribution is 2.33. The Morgan fingerprint density at radius 3 is 2.80 bits per heavy atom. The van der Waals surface area contributed by atoms with E-state index in [2.05, 4.69) is 23.8 Å². The minimum absolute atomic E-state index is 0.261. The van der Waals surface area contributed by atoms with Gasteiger partial charge in [0.05, 0.1) is 10.9 Å². The molecule has 3 rings (SSSR count). The van der Waals surface area contributed by atoms with Crippen LogP contribution in [0.2, 0.25) is 0 Å². The van der Waals surface area contributed by atoms with E-state index in [1.807, 2.05) is 18.2 Å². The summed E-state index contributed by atoms with van der Waals surface area (Å²) in [5.41, 5.74) is 7.34. The molecule has 3 atom stereocenters. The lowest BCUT2D eigenvalue weighted by Crippen LogP contribution is -2.29. The molecule has 0 spiro atoms. The number of benzene rings is 1. The molecule has 1 aromatic heterocycles. The number of hydrogen-bond donors (Lipinski definition) is 1. The average Bonchev–Trinajstić information content (AvgIpc) is 2.43. The van der Waals surface area contributed by atoms with Gasteiger partial charge < -0.3 is 10.5 Å². The molecule has 1 heterocycles. The van der Waals surface area contributed by atoms with E-state index in [0.29, 0.717) is 17.5 Å². The number of nitrogens with two attached hydrogens (primary N) is 1. The third-order valence-corrected chi connectivity index (χ3v) is 4.45. The van der Waals surface area contributed by atoms with Gasteiger partial charge in [-0.05, 0) is 49.3 Å². The summed E-state index contributed by atoms with van der Waals surface area (Å²) < 4.78 is 6.14. The van der Waals surface area contributed by atoms with Crippen molar-refractivity contribution in [2.45, 2.75) is 39.2 Å². The van der Waals surface area contributed by atoms with E-state index >= 15 is 0 Å². The molecule has 1 aliphatic carbocycles. The van der Waals surface area contributed by atoms with Crippen LogP contribution in [-0.4, -0.2) is 16.1 Å². The number of nitrogens with zero attached hydrogens (tertiary/aromatic N) is 2. The Kier molecular flexibility index (Phi) is 3.47. The Hall–Kier alpha value is -1.84. The highest BCUT2D eigenvalue weighted by molar-refractivity contribution is 5.85. The first-order chi connectivity index (χ1) is 9.63. The van der Waals surface area contributed by atoms with Crippen LogP contribution >= 0.6 is 0 Å². The standard InChI is InChI=1S/C16H21N3O/c1-10-3-5-13(7-11(10)2)20-16-14-6-4-12(17)8-15(14)18-9-19-16/h4,6,8-11,13H,3,5,7,17H2,1-2H3. The molecular formula is C16H21N3O. The first-order valence-corrected chi connectivity index (χ1v) is 7.30. The van der Waals surface area contributed by atoms with Crippen molar-refractivity contribution in [1.82, 2.24) is 9.97 Å². The molecule has 1 saturated carbocycles. The summed E-state index contributed by atoms with van der Waals surface area (Å²) in [6.45, 7) is 4.63. The van der Waals surface area contributed by atoms with Gasteiger partial charge in [0.15, 0.2) is 0 Å². The van der Waals surface area contributed by atoms with Gasteiger partial charge in [-0.2, -0.15) is 0 Å². The molecule has 0 aliphatic heterocycles. The zero-order chi connectivity index (χ0) is 14.1. The number of hydrogen-bond acceptors (Lipinski definition) is 4. The minimum atomic E-state index is 0.261. The van der Waals surface area contributed by atoms with Crippen molar-refractivity contribution >= 4 is 16.6 Å². The number of anilines is 1. The van der Waals surface area contributed by atoms with Crippen LogP contribution in [0.4, 0.5) is 5.69 Å². The molecular weight excluding hydrogens is 250 g/mol. The van der Waals surface area contributed by atoms with Crippen molar-refractivity contribution in [1.29, 1.82) is 0 Å². The Morgan fingerprint density at radius 1 is 1.15 bits per heavy atom. The number of rotatable bonds is 2. The van der Waals surface area contributed by atoms with Crippen LogP contribution in [0.5, 0.6) is 5.88 Å². The van der Waals surface area contributed by atoms with Crippen molar-refractivity contribution in [2.24, 2.45) is 11.8 Å². The molecule has 1 fully saturated rings. The van der Waals surface area contributed by atoms with Gasteiger partial charge in [0.25, 0.3) is 0 Å². The quantitative estimate of drug-likeness (QED) is 0.850. The highest BCUT2D eigenvalue weighted by Gasteiger charge is 2.26. The van der Waals surface area contributed by atoms with Gasteiger partial charge in [-0.1, -0.05) is 13.8 Å². The maximum atomic E-state index is 6.14. The molecule has 0 saturated heterocycles. The monoisotopic (exact) mass is 271 g/mol. The molecule has 4 heteroatoms. The molecule has 0 bridgehead atoms. The Balaban J connectivity index is 1.84. The molecule has 2 N–H and O–H groups in total. The van der Waals surface area contributed by atoms with Crippen molar-refractivity contribution in [2.75, 3.05) is 5.73 Å². The van der Waals surface area contributed by atoms with E-state index in [1.54, 1.807) is 6.33 Å².